The summed E-state index contributed by atoms with van der Waals surface area (Å²) in [5.41, 5.74) is 7.44. The van der Waals surface area contributed by atoms with Gasteiger partial charge in [-0.2, -0.15) is 4.31 Å². The number of carbonyl (C=O) groups excluding carboxylic acids is 1. The van der Waals surface area contributed by atoms with Crippen molar-refractivity contribution in [1.29, 1.82) is 0 Å². The first-order chi connectivity index (χ1) is 19.6. The number of hydrogen-bond donors (Lipinski definition) is 3. The van der Waals surface area contributed by atoms with Crippen molar-refractivity contribution in [3.8, 4) is 5.75 Å². The lowest BCUT2D eigenvalue weighted by molar-refractivity contribution is 0.0769. The number of nitrogens with one attached hydrogen (secondary N) is 1. The zero-order chi connectivity index (χ0) is 29.4. The van der Waals surface area contributed by atoms with Crippen molar-refractivity contribution in [1.82, 2.24) is 9.62 Å². The number of benzene rings is 3. The van der Waals surface area contributed by atoms with Crippen LogP contribution in [0.4, 0.5) is 5.69 Å². The Hall–Kier alpha value is -3.44. The molecule has 1 fully saturated rings. The third-order valence-electron chi connectivity index (χ3n) is 6.87. The quantitative estimate of drug-likeness (QED) is 0.263. The molecular formula is C31H39N3O6S. The van der Waals surface area contributed by atoms with Gasteiger partial charge in [0.1, 0.15) is 11.9 Å². The summed E-state index contributed by atoms with van der Waals surface area (Å²) < 4.78 is 39.9. The van der Waals surface area contributed by atoms with Gasteiger partial charge in [-0.1, -0.05) is 56.3 Å². The first-order valence-electron chi connectivity index (χ1n) is 13.9. The number of aliphatic hydroxyl groups excluding tert-OH is 1. The molecule has 0 saturated carbocycles. The average molecular weight is 582 g/mol. The average Bonchev–Trinajstić information content (AvgIpc) is 3.46. The van der Waals surface area contributed by atoms with Crippen LogP contribution < -0.4 is 15.8 Å². The molecule has 1 saturated heterocycles. The number of aliphatic hydroxyl groups is 1. The van der Waals surface area contributed by atoms with Gasteiger partial charge in [0.25, 0.3) is 5.91 Å². The molecule has 3 aromatic carbocycles. The predicted molar refractivity (Wildman–Crippen MR) is 158 cm³/mol. The first-order valence-corrected chi connectivity index (χ1v) is 15.3. The molecule has 220 valence electrons. The monoisotopic (exact) mass is 581 g/mol. The lowest BCUT2D eigenvalue weighted by Gasteiger charge is -2.31. The number of rotatable bonds is 13. The highest BCUT2D eigenvalue weighted by Crippen LogP contribution is 2.24. The number of ether oxygens (including phenoxy) is 2. The van der Waals surface area contributed by atoms with Crippen molar-refractivity contribution in [2.75, 3.05) is 32.0 Å². The van der Waals surface area contributed by atoms with Crippen molar-refractivity contribution < 1.29 is 27.8 Å². The van der Waals surface area contributed by atoms with Crippen LogP contribution in [0.15, 0.2) is 83.8 Å². The Morgan fingerprint density at radius 3 is 2.39 bits per heavy atom. The molecule has 1 aliphatic heterocycles. The maximum Gasteiger partial charge on any atom is 0.255 e. The molecule has 4 rings (SSSR count). The second-order valence-electron chi connectivity index (χ2n) is 10.7. The highest BCUT2D eigenvalue weighted by atomic mass is 32.2. The van der Waals surface area contributed by atoms with E-state index in [1.54, 1.807) is 24.3 Å². The molecular weight excluding hydrogens is 542 g/mol. The molecule has 1 aliphatic rings. The SMILES string of the molecule is CC(C)CN(C[C@@H](O)[C@H](Cc1ccccc1)NC(=O)c1ccccc1O[C@@H]1CCOC1)S(=O)(=O)c1ccc(N)cc1. The third-order valence-corrected chi connectivity index (χ3v) is 8.72. The van der Waals surface area contributed by atoms with Gasteiger partial charge in [0, 0.05) is 25.2 Å². The Balaban J connectivity index is 1.59. The summed E-state index contributed by atoms with van der Waals surface area (Å²) in [4.78, 5) is 13.7. The molecule has 3 atom stereocenters. The molecule has 0 radical (unpaired) electrons. The van der Waals surface area contributed by atoms with E-state index in [9.17, 15) is 18.3 Å². The van der Waals surface area contributed by atoms with Crippen molar-refractivity contribution in [2.24, 2.45) is 5.92 Å². The van der Waals surface area contributed by atoms with Crippen LogP contribution in [0.1, 0.15) is 36.2 Å². The smallest absolute Gasteiger partial charge is 0.255 e. The van der Waals surface area contributed by atoms with Gasteiger partial charge in [0.15, 0.2) is 0 Å². The summed E-state index contributed by atoms with van der Waals surface area (Å²) >= 11 is 0. The van der Waals surface area contributed by atoms with Crippen molar-refractivity contribution in [3.05, 3.63) is 90.0 Å². The van der Waals surface area contributed by atoms with Crippen LogP contribution in [0, 0.1) is 5.92 Å². The second kappa shape index (κ2) is 14.0. The number of hydrogen-bond acceptors (Lipinski definition) is 7. The number of para-hydroxylation sites is 1. The molecule has 0 spiro atoms. The fourth-order valence-electron chi connectivity index (χ4n) is 4.74. The van der Waals surface area contributed by atoms with Gasteiger partial charge in [-0.05, 0) is 54.3 Å². The molecule has 0 aliphatic carbocycles. The number of nitrogens with two attached hydrogens (primary N) is 1. The van der Waals surface area contributed by atoms with Gasteiger partial charge in [-0.25, -0.2) is 8.42 Å². The number of nitrogen functional groups attached to an aromatic ring is 1. The van der Waals surface area contributed by atoms with Crippen molar-refractivity contribution in [3.63, 3.8) is 0 Å². The van der Waals surface area contributed by atoms with E-state index in [2.05, 4.69) is 5.32 Å². The maximum absolute atomic E-state index is 13.6. The summed E-state index contributed by atoms with van der Waals surface area (Å²) in [6.45, 7) is 4.87. The van der Waals surface area contributed by atoms with E-state index >= 15 is 0 Å². The zero-order valence-electron chi connectivity index (χ0n) is 23.5. The molecule has 3 aromatic rings. The summed E-state index contributed by atoms with van der Waals surface area (Å²) in [6, 6.07) is 21.6. The van der Waals surface area contributed by atoms with Gasteiger partial charge in [-0.15, -0.1) is 0 Å². The molecule has 0 bridgehead atoms. The molecule has 0 aromatic heterocycles. The molecule has 10 heteroatoms. The highest BCUT2D eigenvalue weighted by molar-refractivity contribution is 7.89. The minimum absolute atomic E-state index is 0.00323. The van der Waals surface area contributed by atoms with Crippen LogP contribution in [0.3, 0.4) is 0 Å². The van der Waals surface area contributed by atoms with Crippen LogP contribution in [0.5, 0.6) is 5.75 Å². The summed E-state index contributed by atoms with van der Waals surface area (Å²) in [6.07, 6.45) is -0.319. The third kappa shape index (κ3) is 8.29. The van der Waals surface area contributed by atoms with E-state index in [0.717, 1.165) is 12.0 Å². The van der Waals surface area contributed by atoms with Crippen molar-refractivity contribution in [2.45, 2.75) is 49.8 Å². The van der Waals surface area contributed by atoms with Crippen LogP contribution in [-0.2, 0) is 21.2 Å². The lowest BCUT2D eigenvalue weighted by atomic mass is 10.00. The largest absolute Gasteiger partial charge is 0.487 e. The van der Waals surface area contributed by atoms with E-state index in [1.807, 2.05) is 44.2 Å². The fourth-order valence-corrected chi connectivity index (χ4v) is 6.36. The number of sulfonamides is 1. The van der Waals surface area contributed by atoms with Crippen molar-refractivity contribution >= 4 is 21.6 Å². The second-order valence-corrected chi connectivity index (χ2v) is 12.7. The van der Waals surface area contributed by atoms with Gasteiger partial charge < -0.3 is 25.6 Å². The molecule has 4 N–H and O–H groups in total. The van der Waals surface area contributed by atoms with Gasteiger partial charge in [-0.3, -0.25) is 4.79 Å². The number of anilines is 1. The Kier molecular flexibility index (Phi) is 10.4. The van der Waals surface area contributed by atoms with E-state index in [1.165, 1.54) is 28.6 Å². The Morgan fingerprint density at radius 2 is 1.73 bits per heavy atom. The standard InChI is InChI=1S/C31H39N3O6S/c1-22(2)19-34(41(37,38)26-14-12-24(32)13-15-26)20-29(35)28(18-23-8-4-3-5-9-23)33-31(36)27-10-6-7-11-30(27)40-25-16-17-39-21-25/h3-15,22,25,28-29,35H,16-21,32H2,1-2H3,(H,33,36)/t25-,28+,29-/m1/s1. The topological polar surface area (TPSA) is 131 Å². The fraction of sp³-hybridized carbons (Fsp3) is 0.387. The normalized spacial score (nSPS) is 17.0. The summed E-state index contributed by atoms with van der Waals surface area (Å²) in [5.74, 6) is 0.00799. The number of carbonyl (C=O) groups is 1. The van der Waals surface area contributed by atoms with E-state index in [0.29, 0.717) is 36.6 Å². The summed E-state index contributed by atoms with van der Waals surface area (Å²) in [7, 11) is -3.94. The molecule has 0 unspecified atom stereocenters. The Bertz CT molecular complexity index is 1380. The molecule has 41 heavy (non-hydrogen) atoms. The van der Waals surface area contributed by atoms with Crippen LogP contribution in [-0.4, -0.2) is 68.3 Å². The Morgan fingerprint density at radius 1 is 1.05 bits per heavy atom. The first kappa shape index (κ1) is 30.5. The van der Waals surface area contributed by atoms with Crippen LogP contribution >= 0.6 is 0 Å². The summed E-state index contributed by atoms with van der Waals surface area (Å²) in [5, 5.41) is 14.5. The minimum atomic E-state index is -3.94. The Labute approximate surface area is 242 Å². The van der Waals surface area contributed by atoms with E-state index in [4.69, 9.17) is 15.2 Å². The minimum Gasteiger partial charge on any atom is -0.487 e. The number of amides is 1. The zero-order valence-corrected chi connectivity index (χ0v) is 24.3. The van der Waals surface area contributed by atoms with Crippen LogP contribution in [0.2, 0.25) is 0 Å². The van der Waals surface area contributed by atoms with E-state index < -0.39 is 28.1 Å². The van der Waals surface area contributed by atoms with E-state index in [-0.39, 0.29) is 30.0 Å². The highest BCUT2D eigenvalue weighted by Gasteiger charge is 2.32. The van der Waals surface area contributed by atoms with Gasteiger partial charge >= 0.3 is 0 Å². The van der Waals surface area contributed by atoms with Crippen LogP contribution in [0.25, 0.3) is 0 Å². The molecule has 1 amide bonds. The van der Waals surface area contributed by atoms with Gasteiger partial charge in [0.05, 0.1) is 35.8 Å². The van der Waals surface area contributed by atoms with Gasteiger partial charge in [0.2, 0.25) is 10.0 Å². The number of nitrogens with zero attached hydrogens (tertiary/aromatic N) is 1. The lowest BCUT2D eigenvalue weighted by Crippen LogP contribution is -2.51. The molecule has 9 nitrogen and oxygen atoms in total. The molecule has 1 heterocycles. The maximum atomic E-state index is 13.6. The predicted octanol–water partition coefficient (Wildman–Crippen LogP) is 3.49.